The number of para-hydroxylation sites is 6. The van der Waals surface area contributed by atoms with Gasteiger partial charge < -0.3 is 15.1 Å². The first-order chi connectivity index (χ1) is 28.1. The molecule has 0 saturated carbocycles. The van der Waals surface area contributed by atoms with Gasteiger partial charge in [0.15, 0.2) is 0 Å². The predicted octanol–water partition coefficient (Wildman–Crippen LogP) is 13.3. The molecule has 7 aromatic carbocycles. The fraction of sp³-hybridized carbons (Fsp3) is 0.148. The maximum atomic E-state index is 3.69. The lowest BCUT2D eigenvalue weighted by molar-refractivity contribution is 0.501. The van der Waals surface area contributed by atoms with E-state index in [1.165, 1.54) is 83.0 Å². The van der Waals surface area contributed by atoms with Crippen LogP contribution in [0.2, 0.25) is 13.1 Å². The van der Waals surface area contributed by atoms with Gasteiger partial charge in [0.2, 0.25) is 0 Å². The highest BCUT2D eigenvalue weighted by atomic mass is 28.3. The summed E-state index contributed by atoms with van der Waals surface area (Å²) in [6, 6.07) is 56.2. The van der Waals surface area contributed by atoms with E-state index in [1.807, 2.05) is 0 Å². The highest BCUT2D eigenvalue weighted by molar-refractivity contribution is 7.02. The molecule has 2 aliphatic carbocycles. The van der Waals surface area contributed by atoms with Gasteiger partial charge in [0.25, 0.3) is 0 Å². The van der Waals surface area contributed by atoms with Crippen LogP contribution in [0.3, 0.4) is 0 Å². The number of fused-ring (bicyclic) bond motifs is 7. The van der Waals surface area contributed by atoms with Gasteiger partial charge in [-0.2, -0.15) is 0 Å². The molecule has 2 heterocycles. The van der Waals surface area contributed by atoms with Crippen LogP contribution < -0.4 is 25.5 Å². The van der Waals surface area contributed by atoms with Gasteiger partial charge in [0.1, 0.15) is 8.07 Å². The van der Waals surface area contributed by atoms with Crippen molar-refractivity contribution in [1.82, 2.24) is 0 Å². The summed E-state index contributed by atoms with van der Waals surface area (Å²) < 4.78 is 0. The van der Waals surface area contributed by atoms with Gasteiger partial charge in [0.05, 0.1) is 34.0 Å². The minimum atomic E-state index is -1.87. The lowest BCUT2D eigenvalue weighted by Gasteiger charge is -2.47. The van der Waals surface area contributed by atoms with Crippen LogP contribution in [-0.4, -0.2) is 13.6 Å². The van der Waals surface area contributed by atoms with Gasteiger partial charge in [-0.1, -0.05) is 160 Å². The Morgan fingerprint density at radius 2 is 1.17 bits per heavy atom. The van der Waals surface area contributed by atoms with E-state index in [0.29, 0.717) is 0 Å². The van der Waals surface area contributed by atoms with E-state index in [2.05, 4.69) is 225 Å². The topological polar surface area (TPSA) is 18.5 Å². The standard InChI is InChI=1S/C54H47N3Si/c1-53(2)42-34-36(27-30-39(42)40-32-33-54(3,35-43(40)53)57-47-20-10-8-18-44(47)55-45-19-9-11-21-48(45)57)26-28-37-29-31-46(41-17-7-6-16-38(37)41)56-49-22-12-14-24-51(49)58(4,5)52-25-15-13-23-50(52)56/h6-34,55H,35H2,1-5H3. The van der Waals surface area contributed by atoms with Crippen LogP contribution in [0.1, 0.15) is 49.4 Å². The second kappa shape index (κ2) is 12.6. The number of benzene rings is 7. The van der Waals surface area contributed by atoms with Crippen molar-refractivity contribution >= 4 is 86.8 Å². The second-order valence-electron chi connectivity index (χ2n) is 17.7. The third-order valence-corrected chi connectivity index (χ3v) is 17.1. The normalized spacial score (nSPS) is 19.3. The Balaban J connectivity index is 0.929. The van der Waals surface area contributed by atoms with Crippen LogP contribution in [0.15, 0.2) is 169 Å². The molecule has 2 aliphatic heterocycles. The summed E-state index contributed by atoms with van der Waals surface area (Å²) in [6.45, 7) is 12.2. The Bertz CT molecular complexity index is 2850. The Morgan fingerprint density at radius 3 is 1.84 bits per heavy atom. The highest BCUT2D eigenvalue weighted by Crippen LogP contribution is 2.56. The van der Waals surface area contributed by atoms with Gasteiger partial charge in [-0.05, 0) is 105 Å². The zero-order valence-corrected chi connectivity index (χ0v) is 34.8. The molecule has 1 atom stereocenters. The van der Waals surface area contributed by atoms with E-state index in [4.69, 9.17) is 0 Å². The van der Waals surface area contributed by atoms with Gasteiger partial charge in [-0.3, -0.25) is 0 Å². The van der Waals surface area contributed by atoms with Crippen molar-refractivity contribution in [2.45, 2.75) is 51.2 Å². The maximum Gasteiger partial charge on any atom is 0.117 e. The van der Waals surface area contributed by atoms with Gasteiger partial charge >= 0.3 is 0 Å². The smallest absolute Gasteiger partial charge is 0.117 e. The van der Waals surface area contributed by atoms with Crippen molar-refractivity contribution in [3.05, 3.63) is 192 Å². The fourth-order valence-electron chi connectivity index (χ4n) is 10.6. The zero-order valence-electron chi connectivity index (χ0n) is 33.8. The van der Waals surface area contributed by atoms with Crippen LogP contribution >= 0.6 is 0 Å². The van der Waals surface area contributed by atoms with Crippen LogP contribution in [0.5, 0.6) is 0 Å². The monoisotopic (exact) mass is 765 g/mol. The molecule has 4 heteroatoms. The Hall–Kier alpha value is -6.36. The molecule has 0 saturated heterocycles. The summed E-state index contributed by atoms with van der Waals surface area (Å²) in [6.07, 6.45) is 10.4. The molecule has 0 bridgehead atoms. The van der Waals surface area contributed by atoms with Crippen molar-refractivity contribution in [2.24, 2.45) is 0 Å². The lowest BCUT2D eigenvalue weighted by Crippen LogP contribution is -2.58. The molecule has 7 aromatic rings. The van der Waals surface area contributed by atoms with E-state index in [1.54, 1.807) is 0 Å². The van der Waals surface area contributed by atoms with Crippen LogP contribution in [-0.2, 0) is 5.41 Å². The Labute approximate surface area is 343 Å². The first-order valence-electron chi connectivity index (χ1n) is 20.7. The van der Waals surface area contributed by atoms with Crippen LogP contribution in [0.4, 0.5) is 39.8 Å². The molecule has 58 heavy (non-hydrogen) atoms. The molecular weight excluding hydrogens is 719 g/mol. The minimum Gasteiger partial charge on any atom is -0.352 e. The predicted molar refractivity (Wildman–Crippen MR) is 251 cm³/mol. The van der Waals surface area contributed by atoms with Crippen molar-refractivity contribution < 1.29 is 0 Å². The number of hydrogen-bond donors (Lipinski definition) is 1. The Morgan fingerprint density at radius 1 is 0.586 bits per heavy atom. The minimum absolute atomic E-state index is 0.111. The maximum absolute atomic E-state index is 3.69. The SMILES string of the molecule is CC1(C)C2=C(C=CC(C)(N3c4ccccc4Nc4ccccc43)C2)c2ccc(C=Cc3ccc(N4c5ccccc5[Si](C)(C)c5ccccc54)c4ccccc34)cc21. The van der Waals surface area contributed by atoms with E-state index < -0.39 is 8.07 Å². The Kier molecular flexibility index (Phi) is 7.55. The quantitative estimate of drug-likeness (QED) is 0.142. The molecule has 0 aromatic heterocycles. The van der Waals surface area contributed by atoms with E-state index >= 15 is 0 Å². The van der Waals surface area contributed by atoms with Crippen LogP contribution in [0.25, 0.3) is 28.5 Å². The van der Waals surface area contributed by atoms with Crippen molar-refractivity contribution in [2.75, 3.05) is 15.1 Å². The molecule has 1 N–H and O–H groups in total. The van der Waals surface area contributed by atoms with E-state index in [9.17, 15) is 0 Å². The average Bonchev–Trinajstić information content (AvgIpc) is 3.46. The summed E-state index contributed by atoms with van der Waals surface area (Å²) in [5.74, 6) is 0. The number of nitrogens with one attached hydrogen (secondary N) is 1. The molecule has 0 spiro atoms. The van der Waals surface area contributed by atoms with E-state index in [-0.39, 0.29) is 11.0 Å². The van der Waals surface area contributed by atoms with Gasteiger partial charge in [0, 0.05) is 22.2 Å². The van der Waals surface area contributed by atoms with Crippen molar-refractivity contribution in [3.63, 3.8) is 0 Å². The molecule has 1 unspecified atom stereocenters. The van der Waals surface area contributed by atoms with Gasteiger partial charge in [-0.25, -0.2) is 0 Å². The molecule has 4 aliphatic rings. The molecule has 3 nitrogen and oxygen atoms in total. The first-order valence-corrected chi connectivity index (χ1v) is 23.7. The fourth-order valence-corrected chi connectivity index (χ4v) is 13.5. The summed E-state index contributed by atoms with van der Waals surface area (Å²) in [5, 5.41) is 9.17. The highest BCUT2D eigenvalue weighted by Gasteiger charge is 2.46. The summed E-state index contributed by atoms with van der Waals surface area (Å²) >= 11 is 0. The molecule has 11 rings (SSSR count). The molecule has 282 valence electrons. The number of hydrogen-bond acceptors (Lipinski definition) is 3. The number of nitrogens with zero attached hydrogens (tertiary/aromatic N) is 2. The molecular formula is C54H47N3Si. The average molecular weight is 766 g/mol. The van der Waals surface area contributed by atoms with E-state index in [0.717, 1.165) is 17.8 Å². The molecule has 0 radical (unpaired) electrons. The summed E-state index contributed by atoms with van der Waals surface area (Å²) in [7, 11) is -1.87. The van der Waals surface area contributed by atoms with Crippen LogP contribution in [0, 0.1) is 0 Å². The van der Waals surface area contributed by atoms with Gasteiger partial charge in [-0.15, -0.1) is 0 Å². The molecule has 0 fully saturated rings. The second-order valence-corrected chi connectivity index (χ2v) is 22.1. The number of allylic oxidation sites excluding steroid dienone is 2. The third-order valence-electron chi connectivity index (χ3n) is 13.6. The summed E-state index contributed by atoms with van der Waals surface area (Å²) in [5.41, 5.74) is 16.3. The summed E-state index contributed by atoms with van der Waals surface area (Å²) in [4.78, 5) is 5.07. The number of anilines is 7. The zero-order chi connectivity index (χ0) is 39.4. The largest absolute Gasteiger partial charge is 0.352 e. The lowest BCUT2D eigenvalue weighted by atomic mass is 9.73. The molecule has 0 amide bonds. The van der Waals surface area contributed by atoms with Crippen molar-refractivity contribution in [1.29, 1.82) is 0 Å². The first kappa shape index (κ1) is 34.9. The van der Waals surface area contributed by atoms with Crippen molar-refractivity contribution in [3.8, 4) is 0 Å². The third kappa shape index (κ3) is 5.04. The number of rotatable bonds is 4.